The van der Waals surface area contributed by atoms with Crippen molar-refractivity contribution in [3.05, 3.63) is 48.6 Å². The Morgan fingerprint density at radius 3 is 2.88 bits per heavy atom. The molecule has 16 heavy (non-hydrogen) atoms. The van der Waals surface area contributed by atoms with Crippen molar-refractivity contribution in [1.82, 2.24) is 0 Å². The van der Waals surface area contributed by atoms with Gasteiger partial charge in [-0.2, -0.15) is 0 Å². The molecule has 2 aliphatic rings. The third-order valence-corrected chi connectivity index (χ3v) is 4.01. The standard InChI is InChI=1S/C16H22/c1-4-7-8-9-13-10-14(5-2)16(6-3)12-15(16)11-13/h5-6,10-11,15H,2-4,7-9,12H2,1H3. The molecule has 0 heteroatoms. The zero-order valence-electron chi connectivity index (χ0n) is 10.3. The van der Waals surface area contributed by atoms with Gasteiger partial charge in [-0.3, -0.25) is 0 Å². The van der Waals surface area contributed by atoms with Gasteiger partial charge in [-0.25, -0.2) is 0 Å². The lowest BCUT2D eigenvalue weighted by molar-refractivity contribution is 0.695. The summed E-state index contributed by atoms with van der Waals surface area (Å²) in [5.41, 5.74) is 3.17. The van der Waals surface area contributed by atoms with Crippen LogP contribution in [-0.4, -0.2) is 0 Å². The first-order chi connectivity index (χ1) is 7.76. The molecular formula is C16H22. The molecule has 2 rings (SSSR count). The summed E-state index contributed by atoms with van der Waals surface area (Å²) in [5, 5.41) is 0. The lowest BCUT2D eigenvalue weighted by Gasteiger charge is -2.19. The molecule has 0 N–H and O–H groups in total. The Morgan fingerprint density at radius 2 is 2.25 bits per heavy atom. The van der Waals surface area contributed by atoms with Crippen molar-refractivity contribution in [3.63, 3.8) is 0 Å². The average molecular weight is 214 g/mol. The number of unbranched alkanes of at least 4 members (excludes halogenated alkanes) is 2. The third-order valence-electron chi connectivity index (χ3n) is 4.01. The van der Waals surface area contributed by atoms with Crippen LogP contribution in [0, 0.1) is 11.3 Å². The molecule has 0 aliphatic heterocycles. The van der Waals surface area contributed by atoms with Crippen LogP contribution in [0.3, 0.4) is 0 Å². The highest BCUT2D eigenvalue weighted by Crippen LogP contribution is 2.62. The van der Waals surface area contributed by atoms with Gasteiger partial charge in [0, 0.05) is 5.41 Å². The van der Waals surface area contributed by atoms with Crippen LogP contribution >= 0.6 is 0 Å². The molecule has 0 spiro atoms. The van der Waals surface area contributed by atoms with Gasteiger partial charge in [0.15, 0.2) is 0 Å². The van der Waals surface area contributed by atoms with Crippen molar-refractivity contribution in [3.8, 4) is 0 Å². The van der Waals surface area contributed by atoms with Gasteiger partial charge in [0.05, 0.1) is 0 Å². The summed E-state index contributed by atoms with van der Waals surface area (Å²) in [6, 6.07) is 0. The predicted molar refractivity (Wildman–Crippen MR) is 71.2 cm³/mol. The number of fused-ring (bicyclic) bond motifs is 1. The molecular weight excluding hydrogens is 192 g/mol. The molecule has 0 amide bonds. The molecule has 0 aromatic heterocycles. The SMILES string of the molecule is C=CC1=CC(CCCCC)=CC2CC12C=C. The van der Waals surface area contributed by atoms with Gasteiger partial charge in [-0.15, -0.1) is 6.58 Å². The number of rotatable bonds is 6. The van der Waals surface area contributed by atoms with Gasteiger partial charge in [-0.05, 0) is 30.8 Å². The largest absolute Gasteiger partial charge is 0.102 e. The zero-order valence-corrected chi connectivity index (χ0v) is 10.3. The topological polar surface area (TPSA) is 0 Å². The Morgan fingerprint density at radius 1 is 1.44 bits per heavy atom. The fraction of sp³-hybridized carbons (Fsp3) is 0.500. The van der Waals surface area contributed by atoms with Crippen molar-refractivity contribution in [2.24, 2.45) is 11.3 Å². The summed E-state index contributed by atoms with van der Waals surface area (Å²) in [5.74, 6) is 0.708. The molecule has 2 atom stereocenters. The van der Waals surface area contributed by atoms with Gasteiger partial charge in [0.1, 0.15) is 0 Å². The molecule has 0 saturated heterocycles. The van der Waals surface area contributed by atoms with E-state index in [4.69, 9.17) is 0 Å². The van der Waals surface area contributed by atoms with Gasteiger partial charge in [-0.1, -0.05) is 56.2 Å². The van der Waals surface area contributed by atoms with E-state index < -0.39 is 0 Å². The Kier molecular flexibility index (Phi) is 3.18. The van der Waals surface area contributed by atoms with E-state index in [2.05, 4.69) is 38.3 Å². The summed E-state index contributed by atoms with van der Waals surface area (Å²) in [4.78, 5) is 0. The molecule has 86 valence electrons. The lowest BCUT2D eigenvalue weighted by Crippen LogP contribution is -2.06. The van der Waals surface area contributed by atoms with Crippen LogP contribution in [-0.2, 0) is 0 Å². The molecule has 0 nitrogen and oxygen atoms in total. The smallest absolute Gasteiger partial charge is 0.0199 e. The van der Waals surface area contributed by atoms with E-state index in [1.807, 2.05) is 6.08 Å². The van der Waals surface area contributed by atoms with E-state index in [1.54, 1.807) is 0 Å². The molecule has 0 heterocycles. The van der Waals surface area contributed by atoms with Crippen LogP contribution in [0.5, 0.6) is 0 Å². The van der Waals surface area contributed by atoms with Crippen molar-refractivity contribution < 1.29 is 0 Å². The minimum atomic E-state index is 0.260. The predicted octanol–water partition coefficient (Wildman–Crippen LogP) is 4.81. The highest BCUT2D eigenvalue weighted by atomic mass is 14.6. The molecule has 0 bridgehead atoms. The second kappa shape index (κ2) is 4.45. The van der Waals surface area contributed by atoms with E-state index in [-0.39, 0.29) is 5.41 Å². The minimum absolute atomic E-state index is 0.260. The molecule has 0 radical (unpaired) electrons. The van der Waals surface area contributed by atoms with Crippen LogP contribution in [0.1, 0.15) is 39.0 Å². The third kappa shape index (κ3) is 1.81. The molecule has 0 aromatic carbocycles. The first kappa shape index (κ1) is 11.4. The van der Waals surface area contributed by atoms with Gasteiger partial charge >= 0.3 is 0 Å². The summed E-state index contributed by atoms with van der Waals surface area (Å²) in [7, 11) is 0. The quantitative estimate of drug-likeness (QED) is 0.439. The van der Waals surface area contributed by atoms with Crippen molar-refractivity contribution in [2.75, 3.05) is 0 Å². The lowest BCUT2D eigenvalue weighted by atomic mass is 9.86. The first-order valence-corrected chi connectivity index (χ1v) is 6.45. The van der Waals surface area contributed by atoms with E-state index in [1.165, 1.54) is 43.3 Å². The van der Waals surface area contributed by atoms with Crippen molar-refractivity contribution in [1.29, 1.82) is 0 Å². The number of hydrogen-bond donors (Lipinski definition) is 0. The molecule has 2 aliphatic carbocycles. The maximum atomic E-state index is 3.98. The number of hydrogen-bond acceptors (Lipinski definition) is 0. The first-order valence-electron chi connectivity index (χ1n) is 6.45. The average Bonchev–Trinajstić information content (AvgIpc) is 3.03. The Bertz CT molecular complexity index is 356. The Hall–Kier alpha value is -1.04. The Balaban J connectivity index is 2.06. The molecule has 1 fully saturated rings. The van der Waals surface area contributed by atoms with E-state index in [0.29, 0.717) is 5.92 Å². The van der Waals surface area contributed by atoms with Gasteiger partial charge in [0.25, 0.3) is 0 Å². The monoisotopic (exact) mass is 214 g/mol. The van der Waals surface area contributed by atoms with Crippen LogP contribution in [0.2, 0.25) is 0 Å². The molecule has 0 aromatic rings. The number of allylic oxidation sites excluding steroid dienone is 6. The summed E-state index contributed by atoms with van der Waals surface area (Å²) in [6.07, 6.45) is 15.4. The zero-order chi connectivity index (χ0) is 11.6. The maximum Gasteiger partial charge on any atom is 0.0199 e. The van der Waals surface area contributed by atoms with Gasteiger partial charge in [0.2, 0.25) is 0 Å². The van der Waals surface area contributed by atoms with Crippen LogP contribution in [0.25, 0.3) is 0 Å². The van der Waals surface area contributed by atoms with Crippen molar-refractivity contribution >= 4 is 0 Å². The normalized spacial score (nSPS) is 31.2. The van der Waals surface area contributed by atoms with E-state index >= 15 is 0 Å². The highest BCUT2D eigenvalue weighted by molar-refractivity contribution is 5.49. The fourth-order valence-electron chi connectivity index (χ4n) is 2.82. The van der Waals surface area contributed by atoms with Crippen LogP contribution < -0.4 is 0 Å². The van der Waals surface area contributed by atoms with Crippen LogP contribution in [0.4, 0.5) is 0 Å². The van der Waals surface area contributed by atoms with Crippen LogP contribution in [0.15, 0.2) is 48.6 Å². The summed E-state index contributed by atoms with van der Waals surface area (Å²) >= 11 is 0. The summed E-state index contributed by atoms with van der Waals surface area (Å²) in [6.45, 7) is 10.2. The van der Waals surface area contributed by atoms with Gasteiger partial charge < -0.3 is 0 Å². The second-order valence-corrected chi connectivity index (χ2v) is 5.06. The highest BCUT2D eigenvalue weighted by Gasteiger charge is 2.53. The maximum absolute atomic E-state index is 3.98. The second-order valence-electron chi connectivity index (χ2n) is 5.06. The minimum Gasteiger partial charge on any atom is -0.102 e. The fourth-order valence-corrected chi connectivity index (χ4v) is 2.82. The summed E-state index contributed by atoms with van der Waals surface area (Å²) < 4.78 is 0. The Labute approximate surface area is 99.4 Å². The van der Waals surface area contributed by atoms with Crippen molar-refractivity contribution in [2.45, 2.75) is 39.0 Å². The van der Waals surface area contributed by atoms with E-state index in [0.717, 1.165) is 0 Å². The molecule has 2 unspecified atom stereocenters. The van der Waals surface area contributed by atoms with E-state index in [9.17, 15) is 0 Å². The molecule has 1 saturated carbocycles.